The quantitative estimate of drug-likeness (QED) is 0.652. The summed E-state index contributed by atoms with van der Waals surface area (Å²) < 4.78 is 5.69. The molecule has 0 radical (unpaired) electrons. The minimum atomic E-state index is -0.526. The lowest BCUT2D eigenvalue weighted by molar-refractivity contribution is 0.0526. The van der Waals surface area contributed by atoms with Crippen molar-refractivity contribution in [1.82, 2.24) is 0 Å². The average molecular weight is 431 g/mol. The molecule has 2 rings (SSSR count). The highest BCUT2D eigenvalue weighted by atomic mass is 79.9. The topological polar surface area (TPSA) is 55.4 Å². The number of carbonyl (C=O) groups is 2. The van der Waals surface area contributed by atoms with Crippen LogP contribution in [0.25, 0.3) is 0 Å². The first-order valence-corrected chi connectivity index (χ1v) is 8.62. The number of aryl methyl sites for hydroxylation is 1. The molecule has 0 aliphatic rings. The van der Waals surface area contributed by atoms with E-state index in [2.05, 4.69) is 21.2 Å². The number of esters is 1. The van der Waals surface area contributed by atoms with Gasteiger partial charge >= 0.3 is 5.97 Å². The summed E-state index contributed by atoms with van der Waals surface area (Å²) in [7, 11) is 0. The number of ether oxygens (including phenoxy) is 1. The van der Waals surface area contributed by atoms with Crippen molar-refractivity contribution < 1.29 is 14.3 Å². The molecule has 1 N–H and O–H groups in total. The van der Waals surface area contributed by atoms with Crippen LogP contribution in [-0.2, 0) is 4.74 Å². The van der Waals surface area contributed by atoms with Crippen molar-refractivity contribution in [3.05, 3.63) is 61.5 Å². The van der Waals surface area contributed by atoms with Crippen molar-refractivity contribution in [2.24, 2.45) is 0 Å². The van der Waals surface area contributed by atoms with Crippen molar-refractivity contribution in [2.75, 3.05) is 11.9 Å². The summed E-state index contributed by atoms with van der Waals surface area (Å²) in [4.78, 5) is 24.2. The summed E-state index contributed by atoms with van der Waals surface area (Å²) in [5, 5.41) is 3.00. The highest BCUT2D eigenvalue weighted by Gasteiger charge is 2.17. The molecule has 0 saturated heterocycles. The summed E-state index contributed by atoms with van der Waals surface area (Å²) in [5.74, 6) is -0.872. The zero-order valence-corrected chi connectivity index (χ0v) is 16.1. The van der Waals surface area contributed by atoms with E-state index in [0.717, 1.165) is 10.0 Å². The normalized spacial score (nSPS) is 10.4. The van der Waals surface area contributed by atoms with Crippen LogP contribution in [0.1, 0.15) is 33.2 Å². The van der Waals surface area contributed by atoms with Gasteiger partial charge in [0.15, 0.2) is 0 Å². The standard InChI is InChI=1S/C17H14BrCl2NO3/c1-3-24-17(23)10-6-13(19)15(14(20)7-10)21-16(22)12-8-11(18)5-4-9(12)2/h4-8H,3H2,1-2H3,(H,21,22). The van der Waals surface area contributed by atoms with Gasteiger partial charge < -0.3 is 10.1 Å². The molecular weight excluding hydrogens is 417 g/mol. The Morgan fingerprint density at radius 2 is 1.79 bits per heavy atom. The van der Waals surface area contributed by atoms with Crippen LogP contribution in [0.2, 0.25) is 10.0 Å². The maximum Gasteiger partial charge on any atom is 0.338 e. The minimum Gasteiger partial charge on any atom is -0.462 e. The Morgan fingerprint density at radius 1 is 1.17 bits per heavy atom. The predicted molar refractivity (Wildman–Crippen MR) is 99.3 cm³/mol. The van der Waals surface area contributed by atoms with Crippen molar-refractivity contribution in [3.63, 3.8) is 0 Å². The fourth-order valence-corrected chi connectivity index (χ4v) is 2.99. The Hall–Kier alpha value is -1.56. The zero-order valence-electron chi connectivity index (χ0n) is 13.0. The van der Waals surface area contributed by atoms with Gasteiger partial charge in [0.25, 0.3) is 5.91 Å². The number of anilines is 1. The number of hydrogen-bond donors (Lipinski definition) is 1. The fourth-order valence-electron chi connectivity index (χ4n) is 2.04. The monoisotopic (exact) mass is 429 g/mol. The second-order valence-corrected chi connectivity index (χ2v) is 6.68. The molecule has 0 spiro atoms. The van der Waals surface area contributed by atoms with Gasteiger partial charge in [0.2, 0.25) is 0 Å². The Morgan fingerprint density at radius 3 is 2.38 bits per heavy atom. The van der Waals surface area contributed by atoms with Gasteiger partial charge in [-0.3, -0.25) is 4.79 Å². The van der Waals surface area contributed by atoms with Crippen LogP contribution in [0.5, 0.6) is 0 Å². The fraction of sp³-hybridized carbons (Fsp3) is 0.176. The SMILES string of the molecule is CCOC(=O)c1cc(Cl)c(NC(=O)c2cc(Br)ccc2C)c(Cl)c1. The third-order valence-corrected chi connectivity index (χ3v) is 4.33. The number of hydrogen-bond acceptors (Lipinski definition) is 3. The van der Waals surface area contributed by atoms with Gasteiger partial charge in [-0.15, -0.1) is 0 Å². The third-order valence-electron chi connectivity index (χ3n) is 3.24. The van der Waals surface area contributed by atoms with Crippen molar-refractivity contribution in [1.29, 1.82) is 0 Å². The lowest BCUT2D eigenvalue weighted by Crippen LogP contribution is -2.14. The maximum absolute atomic E-state index is 12.5. The van der Waals surface area contributed by atoms with Crippen molar-refractivity contribution >= 4 is 56.7 Å². The van der Waals surface area contributed by atoms with Gasteiger partial charge in [0.1, 0.15) is 0 Å². The summed E-state index contributed by atoms with van der Waals surface area (Å²) >= 11 is 15.7. The molecule has 0 aliphatic heterocycles. The number of carbonyl (C=O) groups excluding carboxylic acids is 2. The average Bonchev–Trinajstić information content (AvgIpc) is 2.53. The number of rotatable bonds is 4. The van der Waals surface area contributed by atoms with Gasteiger partial charge in [-0.05, 0) is 43.7 Å². The Labute approximate surface area is 158 Å². The molecule has 24 heavy (non-hydrogen) atoms. The van der Waals surface area contributed by atoms with Gasteiger partial charge in [0, 0.05) is 10.0 Å². The zero-order chi connectivity index (χ0) is 17.9. The van der Waals surface area contributed by atoms with E-state index in [1.807, 2.05) is 19.1 Å². The van der Waals surface area contributed by atoms with Crippen molar-refractivity contribution in [3.8, 4) is 0 Å². The summed E-state index contributed by atoms with van der Waals surface area (Å²) in [6, 6.07) is 8.20. The first kappa shape index (κ1) is 18.8. The van der Waals surface area contributed by atoms with Crippen LogP contribution < -0.4 is 5.32 Å². The molecule has 126 valence electrons. The summed E-state index contributed by atoms with van der Waals surface area (Å²) in [5.41, 5.74) is 1.77. The van der Waals surface area contributed by atoms with Gasteiger partial charge in [-0.2, -0.15) is 0 Å². The molecule has 0 fully saturated rings. The maximum atomic E-state index is 12.5. The second kappa shape index (κ2) is 8.01. The van der Waals surface area contributed by atoms with Crippen LogP contribution in [0.4, 0.5) is 5.69 Å². The van der Waals surface area contributed by atoms with Crippen LogP contribution in [0.15, 0.2) is 34.8 Å². The minimum absolute atomic E-state index is 0.159. The molecular formula is C17H14BrCl2NO3. The van der Waals surface area contributed by atoms with Crippen LogP contribution >= 0.6 is 39.1 Å². The number of halogens is 3. The van der Waals surface area contributed by atoms with E-state index < -0.39 is 5.97 Å². The molecule has 0 bridgehead atoms. The van der Waals surface area contributed by atoms with Crippen LogP contribution in [0.3, 0.4) is 0 Å². The first-order chi connectivity index (χ1) is 11.3. The van der Waals surface area contributed by atoms with E-state index in [1.54, 1.807) is 13.0 Å². The molecule has 7 heteroatoms. The van der Waals surface area contributed by atoms with Crippen LogP contribution in [-0.4, -0.2) is 18.5 Å². The molecule has 0 unspecified atom stereocenters. The summed E-state index contributed by atoms with van der Waals surface area (Å²) in [6.45, 7) is 3.78. The predicted octanol–water partition coefficient (Wildman–Crippen LogP) is 5.49. The third kappa shape index (κ3) is 4.29. The molecule has 0 aromatic heterocycles. The van der Waals surface area contributed by atoms with E-state index >= 15 is 0 Å². The van der Waals surface area contributed by atoms with E-state index in [-0.39, 0.29) is 33.8 Å². The van der Waals surface area contributed by atoms with Crippen LogP contribution in [0, 0.1) is 6.92 Å². The van der Waals surface area contributed by atoms with Crippen molar-refractivity contribution in [2.45, 2.75) is 13.8 Å². The molecule has 1 amide bonds. The molecule has 2 aromatic rings. The molecule has 0 heterocycles. The molecule has 0 atom stereocenters. The molecule has 2 aromatic carbocycles. The molecule has 0 saturated carbocycles. The smallest absolute Gasteiger partial charge is 0.338 e. The van der Waals surface area contributed by atoms with E-state index in [1.165, 1.54) is 12.1 Å². The number of benzene rings is 2. The van der Waals surface area contributed by atoms with E-state index in [0.29, 0.717) is 5.56 Å². The van der Waals surface area contributed by atoms with E-state index in [4.69, 9.17) is 27.9 Å². The number of nitrogens with one attached hydrogen (secondary N) is 1. The highest BCUT2D eigenvalue weighted by molar-refractivity contribution is 9.10. The van der Waals surface area contributed by atoms with Gasteiger partial charge in [0.05, 0.1) is 27.9 Å². The number of amides is 1. The molecule has 0 aliphatic carbocycles. The Bertz CT molecular complexity index is 785. The molecule has 4 nitrogen and oxygen atoms in total. The lowest BCUT2D eigenvalue weighted by Gasteiger charge is -2.12. The van der Waals surface area contributed by atoms with Gasteiger partial charge in [-0.1, -0.05) is 45.2 Å². The largest absolute Gasteiger partial charge is 0.462 e. The lowest BCUT2D eigenvalue weighted by atomic mass is 10.1. The Balaban J connectivity index is 2.31. The summed E-state index contributed by atoms with van der Waals surface area (Å²) in [6.07, 6.45) is 0. The van der Waals surface area contributed by atoms with E-state index in [9.17, 15) is 9.59 Å². The highest BCUT2D eigenvalue weighted by Crippen LogP contribution is 2.33. The second-order valence-electron chi connectivity index (χ2n) is 4.95. The first-order valence-electron chi connectivity index (χ1n) is 7.07. The van der Waals surface area contributed by atoms with Gasteiger partial charge in [-0.25, -0.2) is 4.79 Å². The Kier molecular flexibility index (Phi) is 6.27.